The number of halogens is 11. The van der Waals surface area contributed by atoms with E-state index in [1.54, 1.807) is 5.32 Å². The molecule has 0 aliphatic heterocycles. The van der Waals surface area contributed by atoms with Crippen molar-refractivity contribution in [3.05, 3.63) is 51.7 Å². The number of rotatable bonds is 6. The van der Waals surface area contributed by atoms with Crippen molar-refractivity contribution in [3.8, 4) is 5.75 Å². The van der Waals surface area contributed by atoms with E-state index in [0.29, 0.717) is 12.1 Å². The summed E-state index contributed by atoms with van der Waals surface area (Å²) >= 11 is 2.49. The number of esters is 1. The predicted octanol–water partition coefficient (Wildman–Crippen LogP) is 5.84. The van der Waals surface area contributed by atoms with Crippen LogP contribution < -0.4 is 15.4 Å². The molecule has 0 unspecified atom stereocenters. The quantitative estimate of drug-likeness (QED) is 0.238. The summed E-state index contributed by atoms with van der Waals surface area (Å²) in [4.78, 5) is 35.4. The number of amides is 2. The zero-order valence-corrected chi connectivity index (χ0v) is 19.7. The summed E-state index contributed by atoms with van der Waals surface area (Å²) in [6.07, 6.45) is -13.2. The molecule has 0 saturated heterocycles. The fourth-order valence-corrected chi connectivity index (χ4v) is 3.33. The minimum Gasteiger partial charge on any atom is -0.462 e. The number of ether oxygens (including phenoxy) is 2. The second kappa shape index (κ2) is 11.0. The highest BCUT2D eigenvalue weighted by Crippen LogP contribution is 2.55. The summed E-state index contributed by atoms with van der Waals surface area (Å²) in [6, 6.07) is 1.62. The van der Waals surface area contributed by atoms with Gasteiger partial charge in [-0.2, -0.15) is 35.1 Å². The molecule has 0 bridgehead atoms. The molecule has 0 atom stereocenters. The molecular weight excluding hydrogens is 618 g/mol. The first-order valence-electron chi connectivity index (χ1n) is 9.44. The largest absolute Gasteiger partial charge is 0.462 e. The van der Waals surface area contributed by atoms with Crippen LogP contribution in [0.2, 0.25) is 0 Å². The van der Waals surface area contributed by atoms with Crippen LogP contribution in [0, 0.1) is 5.82 Å². The van der Waals surface area contributed by atoms with Crippen LogP contribution in [-0.4, -0.2) is 43.9 Å². The van der Waals surface area contributed by atoms with E-state index >= 15 is 0 Å². The highest BCUT2D eigenvalue weighted by molar-refractivity contribution is 9.10. The average molecular weight is 629 g/mol. The summed E-state index contributed by atoms with van der Waals surface area (Å²) in [5.41, 5.74) is -10.5. The Morgan fingerprint density at radius 2 is 1.50 bits per heavy atom. The molecule has 0 aliphatic carbocycles. The van der Waals surface area contributed by atoms with Gasteiger partial charge in [0.2, 0.25) is 0 Å². The molecule has 0 aliphatic rings. The molecule has 2 rings (SSSR count). The summed E-state index contributed by atoms with van der Waals surface area (Å²) < 4.78 is 140. The van der Waals surface area contributed by atoms with Crippen LogP contribution in [0.1, 0.15) is 15.9 Å². The molecule has 0 aromatic heterocycles. The fourth-order valence-electron chi connectivity index (χ4n) is 2.79. The molecule has 2 aromatic carbocycles. The molecular formula is C20H11BrF10N2O5. The number of methoxy groups -OCH3 is 1. The maximum atomic E-state index is 14.5. The molecule has 0 radical (unpaired) electrons. The Morgan fingerprint density at radius 1 is 0.921 bits per heavy atom. The van der Waals surface area contributed by atoms with Crippen LogP contribution >= 0.6 is 15.9 Å². The van der Waals surface area contributed by atoms with E-state index in [2.05, 4.69) is 25.4 Å². The van der Waals surface area contributed by atoms with Gasteiger partial charge in [-0.3, -0.25) is 9.59 Å². The Labute approximate surface area is 213 Å². The lowest BCUT2D eigenvalue weighted by molar-refractivity contribution is -0.348. The number of anilines is 2. The Balaban J connectivity index is 2.56. The number of nitrogens with one attached hydrogen (secondary N) is 2. The van der Waals surface area contributed by atoms with E-state index in [0.717, 1.165) is 13.2 Å². The van der Waals surface area contributed by atoms with Crippen molar-refractivity contribution in [3.63, 3.8) is 0 Å². The van der Waals surface area contributed by atoms with Crippen molar-refractivity contribution in [1.29, 1.82) is 0 Å². The Morgan fingerprint density at radius 3 is 2.00 bits per heavy atom. The van der Waals surface area contributed by atoms with Gasteiger partial charge in [0.25, 0.3) is 5.91 Å². The van der Waals surface area contributed by atoms with Gasteiger partial charge in [0.1, 0.15) is 5.82 Å². The van der Waals surface area contributed by atoms with E-state index in [1.165, 1.54) is 0 Å². The predicted molar refractivity (Wildman–Crippen MR) is 111 cm³/mol. The third kappa shape index (κ3) is 6.28. The zero-order chi connectivity index (χ0) is 29.2. The minimum absolute atomic E-state index is 0.0679. The maximum Gasteiger partial charge on any atom is 0.435 e. The standard InChI is InChI=1S/C20H11BrF10N2O5/c1-37-16(36)15(35)32-11-4-7(2-3-10(11)22)14(34)33-13-9(21)5-8(6-12(13)38-17(23)24)18(25,19(26,27)28)20(29,30)31/h2-6,17H,1H3,(H,32,35)(H,33,34). The second-order valence-electron chi connectivity index (χ2n) is 6.96. The molecule has 0 saturated carbocycles. The number of carbonyl (C=O) groups is 3. The molecule has 2 N–H and O–H groups in total. The van der Waals surface area contributed by atoms with Crippen LogP contribution in [-0.2, 0) is 20.0 Å². The molecule has 0 spiro atoms. The van der Waals surface area contributed by atoms with Crippen LogP contribution in [0.4, 0.5) is 55.3 Å². The average Bonchev–Trinajstić information content (AvgIpc) is 2.79. The second-order valence-corrected chi connectivity index (χ2v) is 7.81. The normalized spacial score (nSPS) is 12.2. The third-order valence-corrected chi connectivity index (χ3v) is 5.16. The molecule has 18 heteroatoms. The van der Waals surface area contributed by atoms with Crippen molar-refractivity contribution in [2.24, 2.45) is 0 Å². The lowest BCUT2D eigenvalue weighted by Crippen LogP contribution is -2.50. The lowest BCUT2D eigenvalue weighted by Gasteiger charge is -2.31. The molecule has 0 fully saturated rings. The Kier molecular flexibility index (Phi) is 8.91. The first kappa shape index (κ1) is 30.7. The van der Waals surface area contributed by atoms with Gasteiger partial charge < -0.3 is 20.1 Å². The smallest absolute Gasteiger partial charge is 0.435 e. The van der Waals surface area contributed by atoms with Gasteiger partial charge in [0.05, 0.1) is 18.5 Å². The minimum atomic E-state index is -6.59. The van der Waals surface area contributed by atoms with Gasteiger partial charge in [-0.15, -0.1) is 0 Å². The lowest BCUT2D eigenvalue weighted by atomic mass is 9.93. The van der Waals surface area contributed by atoms with Gasteiger partial charge in [0, 0.05) is 15.6 Å². The van der Waals surface area contributed by atoms with Crippen LogP contribution in [0.3, 0.4) is 0 Å². The molecule has 38 heavy (non-hydrogen) atoms. The van der Waals surface area contributed by atoms with E-state index in [-0.39, 0.29) is 12.1 Å². The summed E-state index contributed by atoms with van der Waals surface area (Å²) in [6.45, 7) is -3.86. The fraction of sp³-hybridized carbons (Fsp3) is 0.250. The number of benzene rings is 2. The Bertz CT molecular complexity index is 1240. The number of hydrogen-bond donors (Lipinski definition) is 2. The highest BCUT2D eigenvalue weighted by atomic mass is 79.9. The molecule has 0 heterocycles. The molecule has 2 aromatic rings. The summed E-state index contributed by atoms with van der Waals surface area (Å²) in [5.74, 6) is -6.92. The van der Waals surface area contributed by atoms with Crippen LogP contribution in [0.25, 0.3) is 0 Å². The van der Waals surface area contributed by atoms with Gasteiger partial charge in [-0.25, -0.2) is 13.6 Å². The first-order chi connectivity index (χ1) is 17.3. The number of carbonyl (C=O) groups excluding carboxylic acids is 3. The van der Waals surface area contributed by atoms with Crippen molar-refractivity contribution in [2.45, 2.75) is 24.6 Å². The SMILES string of the molecule is COC(=O)C(=O)Nc1cc(C(=O)Nc2c(Br)cc(C(F)(C(F)(F)F)C(F)(F)F)cc2OC(F)F)ccc1F. The van der Waals surface area contributed by atoms with Crippen molar-refractivity contribution < 1.29 is 67.8 Å². The van der Waals surface area contributed by atoms with E-state index in [1.807, 2.05) is 5.32 Å². The van der Waals surface area contributed by atoms with Crippen molar-refractivity contribution >= 4 is 45.1 Å². The third-order valence-electron chi connectivity index (χ3n) is 4.54. The van der Waals surface area contributed by atoms with Crippen LogP contribution in [0.15, 0.2) is 34.8 Å². The van der Waals surface area contributed by atoms with Crippen molar-refractivity contribution in [1.82, 2.24) is 0 Å². The van der Waals surface area contributed by atoms with Gasteiger partial charge >= 0.3 is 36.5 Å². The molecule has 208 valence electrons. The molecule has 2 amide bonds. The van der Waals surface area contributed by atoms with E-state index < -0.39 is 81.0 Å². The highest BCUT2D eigenvalue weighted by Gasteiger charge is 2.73. The van der Waals surface area contributed by atoms with Crippen LogP contribution in [0.5, 0.6) is 5.75 Å². The summed E-state index contributed by atoms with van der Waals surface area (Å²) in [5, 5.41) is 3.60. The number of alkyl halides is 9. The van der Waals surface area contributed by atoms with E-state index in [4.69, 9.17) is 0 Å². The topological polar surface area (TPSA) is 93.7 Å². The monoisotopic (exact) mass is 628 g/mol. The van der Waals surface area contributed by atoms with E-state index in [9.17, 15) is 58.3 Å². The van der Waals surface area contributed by atoms with Gasteiger partial charge in [0.15, 0.2) is 5.75 Å². The summed E-state index contributed by atoms with van der Waals surface area (Å²) in [7, 11) is 0.834. The number of hydrogen-bond acceptors (Lipinski definition) is 5. The maximum absolute atomic E-state index is 14.5. The first-order valence-corrected chi connectivity index (χ1v) is 10.2. The Hall–Kier alpha value is -3.57. The van der Waals surface area contributed by atoms with Crippen molar-refractivity contribution in [2.75, 3.05) is 17.7 Å². The zero-order valence-electron chi connectivity index (χ0n) is 18.2. The van der Waals surface area contributed by atoms with Gasteiger partial charge in [-0.05, 0) is 46.3 Å². The van der Waals surface area contributed by atoms with Gasteiger partial charge in [-0.1, -0.05) is 0 Å². The molecule has 7 nitrogen and oxygen atoms in total.